The average Bonchev–Trinajstić information content (AvgIpc) is 1.50. The summed E-state index contributed by atoms with van der Waals surface area (Å²) in [7, 11) is 1.72. The largest absolute Gasteiger partial charge is 0.497 e. The van der Waals surface area contributed by atoms with Crippen molar-refractivity contribution in [2.75, 3.05) is 7.11 Å². The maximum Gasteiger partial charge on any atom is 0.119 e. The van der Waals surface area contributed by atoms with Gasteiger partial charge in [-0.25, -0.2) is 0 Å². The Labute approximate surface area is 770 Å². The molecule has 0 aliphatic carbocycles. The minimum Gasteiger partial charge on any atom is -0.497 e. The molecular weight excluding hydrogens is 1610 g/mol. The van der Waals surface area contributed by atoms with Crippen LogP contribution in [0.15, 0.2) is 473 Å². The van der Waals surface area contributed by atoms with E-state index in [-0.39, 0.29) is 0 Å². The van der Waals surface area contributed by atoms with Crippen molar-refractivity contribution in [3.8, 4) is 89.6 Å². The zero-order valence-corrected chi connectivity index (χ0v) is 73.8. The van der Waals surface area contributed by atoms with Gasteiger partial charge in [0.1, 0.15) is 5.75 Å². The van der Waals surface area contributed by atoms with Crippen molar-refractivity contribution in [1.82, 2.24) is 13.7 Å². The molecule has 0 amide bonds. The van der Waals surface area contributed by atoms with Crippen LogP contribution in [-0.4, -0.2) is 20.8 Å². The second kappa shape index (κ2) is 32.2. The van der Waals surface area contributed by atoms with Gasteiger partial charge in [-0.15, -0.1) is 0 Å². The molecule has 27 aromatic rings. The highest BCUT2D eigenvalue weighted by atomic mass is 16.5. The van der Waals surface area contributed by atoms with Crippen LogP contribution >= 0.6 is 0 Å². The summed E-state index contributed by atoms with van der Waals surface area (Å²) in [6, 6.07) is 173. The van der Waals surface area contributed by atoms with E-state index in [0.29, 0.717) is 0 Å². The molecule has 27 rings (SSSR count). The summed E-state index contributed by atoms with van der Waals surface area (Å²) in [6.45, 7) is 4.34. The molecule has 0 saturated heterocycles. The summed E-state index contributed by atoms with van der Waals surface area (Å²) in [6.07, 6.45) is 0. The maximum atomic E-state index is 5.47. The van der Waals surface area contributed by atoms with Gasteiger partial charge >= 0.3 is 0 Å². The second-order valence-corrected chi connectivity index (χ2v) is 35.3. The Kier molecular flexibility index (Phi) is 18.9. The zero-order valence-electron chi connectivity index (χ0n) is 73.8. The Morgan fingerprint density at radius 2 is 0.391 bits per heavy atom. The van der Waals surface area contributed by atoms with E-state index in [1.165, 1.54) is 252 Å². The highest BCUT2D eigenvalue weighted by Crippen LogP contribution is 2.50. The summed E-state index contributed by atoms with van der Waals surface area (Å²) >= 11 is 0. The van der Waals surface area contributed by atoms with Crippen molar-refractivity contribution in [2.24, 2.45) is 0 Å². The van der Waals surface area contributed by atoms with Gasteiger partial charge in [-0.05, 0) is 287 Å². The third-order valence-corrected chi connectivity index (χ3v) is 27.7. The van der Waals surface area contributed by atoms with Crippen LogP contribution in [0.25, 0.3) is 246 Å². The van der Waals surface area contributed by atoms with Gasteiger partial charge in [-0.3, -0.25) is 0 Å². The molecular formula is C129H87N3O. The van der Waals surface area contributed by atoms with Crippen molar-refractivity contribution >= 4 is 162 Å². The lowest BCUT2D eigenvalue weighted by atomic mass is 9.85. The number of nitrogens with zero attached hydrogens (tertiary/aromatic N) is 3. The Balaban J connectivity index is 0.000000107. The molecule has 3 heterocycles. The third kappa shape index (κ3) is 13.1. The molecule has 133 heavy (non-hydrogen) atoms. The molecule has 0 aliphatic rings. The van der Waals surface area contributed by atoms with Gasteiger partial charge < -0.3 is 18.4 Å². The number of fused-ring (bicyclic) bond motifs is 19. The van der Waals surface area contributed by atoms with E-state index in [4.69, 9.17) is 4.74 Å². The first kappa shape index (κ1) is 78.1. The Hall–Kier alpha value is -17.2. The van der Waals surface area contributed by atoms with E-state index in [2.05, 4.69) is 495 Å². The van der Waals surface area contributed by atoms with Crippen molar-refractivity contribution in [1.29, 1.82) is 0 Å². The number of aryl methyl sites for hydroxylation is 2. The minimum atomic E-state index is 0.875. The lowest BCUT2D eigenvalue weighted by Gasteiger charge is -2.18. The molecule has 0 spiro atoms. The Morgan fingerprint density at radius 3 is 0.737 bits per heavy atom. The first-order valence-electron chi connectivity index (χ1n) is 46.0. The lowest BCUT2D eigenvalue weighted by Crippen LogP contribution is -1.95. The van der Waals surface area contributed by atoms with Crippen LogP contribution in [0.3, 0.4) is 0 Å². The number of rotatable bonds is 10. The van der Waals surface area contributed by atoms with Crippen molar-refractivity contribution < 1.29 is 4.74 Å². The molecule has 4 heteroatoms. The van der Waals surface area contributed by atoms with Crippen molar-refractivity contribution in [3.63, 3.8) is 0 Å². The Bertz CT molecular complexity index is 9040. The number of hydrogen-bond donors (Lipinski definition) is 0. The molecule has 0 atom stereocenters. The van der Waals surface area contributed by atoms with Crippen LogP contribution in [0.5, 0.6) is 5.75 Å². The number of methoxy groups -OCH3 is 1. The molecule has 0 fully saturated rings. The van der Waals surface area contributed by atoms with Crippen LogP contribution in [0.2, 0.25) is 0 Å². The second-order valence-electron chi connectivity index (χ2n) is 35.3. The van der Waals surface area contributed by atoms with Crippen LogP contribution in [0.1, 0.15) is 11.1 Å². The number of ether oxygens (including phenoxy) is 1. The summed E-state index contributed by atoms with van der Waals surface area (Å²) in [5.74, 6) is 0.875. The molecule has 3 aromatic heterocycles. The molecule has 4 nitrogen and oxygen atoms in total. The molecule has 0 N–H and O–H groups in total. The third-order valence-electron chi connectivity index (χ3n) is 27.7. The van der Waals surface area contributed by atoms with Gasteiger partial charge in [0.25, 0.3) is 0 Å². The minimum absolute atomic E-state index is 0.875. The predicted molar refractivity (Wildman–Crippen MR) is 569 cm³/mol. The van der Waals surface area contributed by atoms with Crippen LogP contribution < -0.4 is 4.74 Å². The SMILES string of the molecule is COc1ccc2cc(-c3c4ccccc4c(-c4ccc(-n5c6ccccc6c6ccccc65)cc4)c4ccccc34)ccc2c1.Cc1ccc2c(c1)c1cc(C)ccc1n2-c1ccc(-c2c3ccccc3c(-c3ccccc3)c3ccccc23)cc1.c1ccc2c(c1)ccc1ccc(-c3c4ccccc4c(-c4ccc(-n5c6ccccc6c6ccccc65)cc4)c4ccccc34)cc12. The van der Waals surface area contributed by atoms with E-state index in [9.17, 15) is 0 Å². The first-order chi connectivity index (χ1) is 65.8. The fraction of sp³-hybridized carbons (Fsp3) is 0.0233. The highest BCUT2D eigenvalue weighted by molar-refractivity contribution is 6.26. The summed E-state index contributed by atoms with van der Waals surface area (Å²) in [5.41, 5.74) is 28.5. The number of aromatic nitrogens is 3. The predicted octanol–water partition coefficient (Wildman–Crippen LogP) is 35.4. The van der Waals surface area contributed by atoms with Gasteiger partial charge in [0.15, 0.2) is 0 Å². The molecule has 0 bridgehead atoms. The maximum absolute atomic E-state index is 5.47. The normalized spacial score (nSPS) is 11.7. The monoisotopic (exact) mass is 1690 g/mol. The molecule has 0 saturated carbocycles. The fourth-order valence-corrected chi connectivity index (χ4v) is 21.8. The van der Waals surface area contributed by atoms with Gasteiger partial charge in [-0.2, -0.15) is 0 Å². The van der Waals surface area contributed by atoms with Crippen LogP contribution in [0.4, 0.5) is 0 Å². The lowest BCUT2D eigenvalue weighted by molar-refractivity contribution is 0.415. The number of hydrogen-bond acceptors (Lipinski definition) is 1. The standard InChI is InChI=1S/C46H29N.C43H29NO.C40H29N/c1-2-12-35-30(11-1)21-22-31-23-24-33(29-42(31)35)46-40-17-5-3-15-38(40)45(39-16-4-6-18-41(39)46)32-25-27-34(28-26-32)47-43-19-9-7-13-36(43)37-14-8-10-20-44(37)47;1-45-33-25-22-29-26-31(19-18-30(29)27-33)43-38-14-4-2-12-36(38)42(37-13-3-5-15-39(37)43)28-20-23-32(24-21-28)44-40-16-8-6-10-34(40)35-11-7-9-17-41(35)44;1-26-16-22-37-35(24-26)36-25-27(2)17-23-38(36)41(37)30-20-18-29(19-21-30)40-33-14-8-6-12-31(33)39(28-10-4-3-5-11-28)32-13-7-9-15-34(32)40/h1-29H;2-27H,1H3;3-25H,1-2H3. The van der Waals surface area contributed by atoms with Gasteiger partial charge in [-0.1, -0.05) is 375 Å². The summed E-state index contributed by atoms with van der Waals surface area (Å²) in [4.78, 5) is 0. The van der Waals surface area contributed by atoms with Gasteiger partial charge in [0.2, 0.25) is 0 Å². The fourth-order valence-electron chi connectivity index (χ4n) is 21.8. The van der Waals surface area contributed by atoms with Gasteiger partial charge in [0.05, 0.1) is 40.2 Å². The van der Waals surface area contributed by atoms with Crippen LogP contribution in [-0.2, 0) is 0 Å². The quantitative estimate of drug-likeness (QED) is 0.0989. The molecule has 0 aliphatic heterocycles. The van der Waals surface area contributed by atoms with Crippen molar-refractivity contribution in [3.05, 3.63) is 484 Å². The summed E-state index contributed by atoms with van der Waals surface area (Å²) < 4.78 is 12.6. The van der Waals surface area contributed by atoms with E-state index >= 15 is 0 Å². The Morgan fingerprint density at radius 1 is 0.150 bits per heavy atom. The summed E-state index contributed by atoms with van der Waals surface area (Å²) in [5, 5.41) is 30.4. The van der Waals surface area contributed by atoms with E-state index in [1.807, 2.05) is 6.07 Å². The topological polar surface area (TPSA) is 24.0 Å². The van der Waals surface area contributed by atoms with E-state index < -0.39 is 0 Å². The first-order valence-corrected chi connectivity index (χ1v) is 46.0. The van der Waals surface area contributed by atoms with Crippen LogP contribution in [0, 0.1) is 13.8 Å². The molecule has 24 aromatic carbocycles. The van der Waals surface area contributed by atoms with E-state index in [0.717, 1.165) is 11.4 Å². The van der Waals surface area contributed by atoms with Gasteiger partial charge in [0, 0.05) is 49.4 Å². The number of para-hydroxylation sites is 4. The molecule has 0 unspecified atom stereocenters. The van der Waals surface area contributed by atoms with E-state index in [1.54, 1.807) is 7.11 Å². The number of benzene rings is 24. The smallest absolute Gasteiger partial charge is 0.119 e. The average molecular weight is 1700 g/mol. The molecule has 624 valence electrons. The van der Waals surface area contributed by atoms with Crippen molar-refractivity contribution in [2.45, 2.75) is 13.8 Å². The molecule has 0 radical (unpaired) electrons. The highest BCUT2D eigenvalue weighted by Gasteiger charge is 2.24. The zero-order chi connectivity index (χ0) is 88.3.